The van der Waals surface area contributed by atoms with Gasteiger partial charge in [-0.05, 0) is 17.0 Å². The van der Waals surface area contributed by atoms with Crippen LogP contribution in [-0.4, -0.2) is 6.61 Å². The number of halogens is 1. The quantitative estimate of drug-likeness (QED) is 0.558. The zero-order valence-corrected chi connectivity index (χ0v) is 12.5. The molecule has 21 heavy (non-hydrogen) atoms. The van der Waals surface area contributed by atoms with Crippen molar-refractivity contribution in [3.05, 3.63) is 78.4 Å². The van der Waals surface area contributed by atoms with Crippen molar-refractivity contribution in [3.63, 3.8) is 0 Å². The number of hydrogen-bond acceptors (Lipinski definition) is 1. The van der Waals surface area contributed by atoms with Gasteiger partial charge in [-0.25, -0.2) is 0 Å². The van der Waals surface area contributed by atoms with Gasteiger partial charge in [-0.1, -0.05) is 66.7 Å². The first-order valence-corrected chi connectivity index (χ1v) is 7.58. The summed E-state index contributed by atoms with van der Waals surface area (Å²) in [5.74, 6) is 0.921. The van der Waals surface area contributed by atoms with Crippen molar-refractivity contribution in [3.8, 4) is 5.75 Å². The van der Waals surface area contributed by atoms with Gasteiger partial charge in [0.1, 0.15) is 5.75 Å². The van der Waals surface area contributed by atoms with Crippen LogP contribution in [0.2, 0.25) is 0 Å². The Balaban J connectivity index is 1.65. The molecule has 0 aliphatic carbocycles. The molecule has 3 aromatic rings. The monoisotopic (exact) mass is 296 g/mol. The molecular formula is C19H17ClO. The Morgan fingerprint density at radius 1 is 0.810 bits per heavy atom. The normalized spacial score (nSPS) is 12.2. The first-order chi connectivity index (χ1) is 10.3. The number of fused-ring (bicyclic) bond motifs is 1. The number of alkyl halides is 1. The molecule has 1 nitrogen and oxygen atoms in total. The maximum Gasteiger partial charge on any atom is 0.127 e. The van der Waals surface area contributed by atoms with E-state index in [1.807, 2.05) is 42.5 Å². The van der Waals surface area contributed by atoms with Gasteiger partial charge in [-0.3, -0.25) is 0 Å². The first-order valence-electron chi connectivity index (χ1n) is 7.14. The van der Waals surface area contributed by atoms with Crippen molar-refractivity contribution in [2.45, 2.75) is 11.8 Å². The highest BCUT2D eigenvalue weighted by atomic mass is 35.5. The third-order valence-electron chi connectivity index (χ3n) is 3.54. The van der Waals surface area contributed by atoms with Crippen molar-refractivity contribution in [1.82, 2.24) is 0 Å². The summed E-state index contributed by atoms with van der Waals surface area (Å²) >= 11 is 6.41. The lowest BCUT2D eigenvalue weighted by Gasteiger charge is -2.12. The third kappa shape index (κ3) is 3.37. The zero-order valence-electron chi connectivity index (χ0n) is 11.7. The molecule has 0 bridgehead atoms. The van der Waals surface area contributed by atoms with Gasteiger partial charge in [-0.15, -0.1) is 11.6 Å². The molecule has 0 fully saturated rings. The summed E-state index contributed by atoms with van der Waals surface area (Å²) in [5.41, 5.74) is 1.14. The summed E-state index contributed by atoms with van der Waals surface area (Å²) in [7, 11) is 0. The number of benzene rings is 3. The summed E-state index contributed by atoms with van der Waals surface area (Å²) in [6, 6.07) is 24.5. The van der Waals surface area contributed by atoms with Gasteiger partial charge in [0, 0.05) is 11.8 Å². The molecule has 0 N–H and O–H groups in total. The van der Waals surface area contributed by atoms with E-state index >= 15 is 0 Å². The largest absolute Gasteiger partial charge is 0.493 e. The van der Waals surface area contributed by atoms with Crippen LogP contribution in [-0.2, 0) is 0 Å². The number of rotatable bonds is 5. The molecule has 0 aliphatic heterocycles. The summed E-state index contributed by atoms with van der Waals surface area (Å²) in [6.07, 6.45) is 0.786. The van der Waals surface area contributed by atoms with E-state index in [-0.39, 0.29) is 5.38 Å². The highest BCUT2D eigenvalue weighted by molar-refractivity contribution is 6.20. The van der Waals surface area contributed by atoms with Crippen molar-refractivity contribution >= 4 is 22.4 Å². The fourth-order valence-electron chi connectivity index (χ4n) is 2.42. The number of ether oxygens (including phenoxy) is 1. The highest BCUT2D eigenvalue weighted by Crippen LogP contribution is 2.27. The Morgan fingerprint density at radius 3 is 2.38 bits per heavy atom. The van der Waals surface area contributed by atoms with Crippen molar-refractivity contribution in [1.29, 1.82) is 0 Å². The van der Waals surface area contributed by atoms with E-state index in [4.69, 9.17) is 16.3 Å². The molecule has 0 saturated carbocycles. The maximum atomic E-state index is 6.41. The third-order valence-corrected chi connectivity index (χ3v) is 4.01. The van der Waals surface area contributed by atoms with Crippen LogP contribution in [0.1, 0.15) is 17.4 Å². The van der Waals surface area contributed by atoms with Crippen LogP contribution >= 0.6 is 11.6 Å². The van der Waals surface area contributed by atoms with E-state index in [0.717, 1.165) is 23.1 Å². The summed E-state index contributed by atoms with van der Waals surface area (Å²) < 4.78 is 5.93. The van der Waals surface area contributed by atoms with Gasteiger partial charge < -0.3 is 4.74 Å². The minimum atomic E-state index is -0.0128. The average molecular weight is 297 g/mol. The highest BCUT2D eigenvalue weighted by Gasteiger charge is 2.08. The Morgan fingerprint density at radius 2 is 1.52 bits per heavy atom. The van der Waals surface area contributed by atoms with E-state index < -0.39 is 0 Å². The van der Waals surface area contributed by atoms with Gasteiger partial charge >= 0.3 is 0 Å². The van der Waals surface area contributed by atoms with Crippen molar-refractivity contribution in [2.75, 3.05) is 6.61 Å². The number of hydrogen-bond donors (Lipinski definition) is 0. The Hall–Kier alpha value is -1.99. The second-order valence-electron chi connectivity index (χ2n) is 4.99. The first kappa shape index (κ1) is 14.0. The molecule has 0 aromatic heterocycles. The summed E-state index contributed by atoms with van der Waals surface area (Å²) in [5, 5.41) is 2.33. The molecule has 1 atom stereocenters. The smallest absolute Gasteiger partial charge is 0.127 e. The second kappa shape index (κ2) is 6.64. The van der Waals surface area contributed by atoms with Crippen LogP contribution in [0.4, 0.5) is 0 Å². The molecule has 0 spiro atoms. The van der Waals surface area contributed by atoms with Crippen LogP contribution in [0.15, 0.2) is 72.8 Å². The van der Waals surface area contributed by atoms with E-state index in [1.165, 1.54) is 5.39 Å². The topological polar surface area (TPSA) is 9.23 Å². The lowest BCUT2D eigenvalue weighted by atomic mass is 10.1. The molecule has 0 aliphatic rings. The van der Waals surface area contributed by atoms with E-state index in [9.17, 15) is 0 Å². The average Bonchev–Trinajstić information content (AvgIpc) is 2.56. The SMILES string of the molecule is Cl[C@@H](CCOc1cccc2ccccc12)c1ccccc1. The van der Waals surface area contributed by atoms with E-state index in [1.54, 1.807) is 0 Å². The molecule has 0 heterocycles. The predicted octanol–water partition coefficient (Wildman–Crippen LogP) is 5.59. The molecule has 3 aromatic carbocycles. The van der Waals surface area contributed by atoms with Crippen LogP contribution in [0.25, 0.3) is 10.8 Å². The Kier molecular flexibility index (Phi) is 4.42. The Labute approximate surface area is 130 Å². The van der Waals surface area contributed by atoms with Gasteiger partial charge in [0.15, 0.2) is 0 Å². The molecule has 0 amide bonds. The molecule has 0 unspecified atom stereocenters. The van der Waals surface area contributed by atoms with Crippen LogP contribution < -0.4 is 4.74 Å². The molecular weight excluding hydrogens is 280 g/mol. The van der Waals surface area contributed by atoms with Crippen LogP contribution in [0.5, 0.6) is 5.75 Å². The van der Waals surface area contributed by atoms with Crippen molar-refractivity contribution < 1.29 is 4.74 Å². The van der Waals surface area contributed by atoms with Crippen LogP contribution in [0.3, 0.4) is 0 Å². The predicted molar refractivity (Wildman–Crippen MR) is 89.1 cm³/mol. The fourth-order valence-corrected chi connectivity index (χ4v) is 2.66. The van der Waals surface area contributed by atoms with Gasteiger partial charge in [0.05, 0.1) is 12.0 Å². The van der Waals surface area contributed by atoms with Crippen LogP contribution in [0, 0.1) is 0 Å². The summed E-state index contributed by atoms with van der Waals surface area (Å²) in [4.78, 5) is 0. The minimum absolute atomic E-state index is 0.0128. The standard InChI is InChI=1S/C19H17ClO/c20-18(16-8-2-1-3-9-16)13-14-21-19-12-6-10-15-7-4-5-11-17(15)19/h1-12,18H,13-14H2/t18-/m0/s1. The van der Waals surface area contributed by atoms with Crippen molar-refractivity contribution in [2.24, 2.45) is 0 Å². The molecule has 2 heteroatoms. The summed E-state index contributed by atoms with van der Waals surface area (Å²) in [6.45, 7) is 0.608. The maximum absolute atomic E-state index is 6.41. The zero-order chi connectivity index (χ0) is 14.5. The van der Waals surface area contributed by atoms with E-state index in [0.29, 0.717) is 6.61 Å². The lowest BCUT2D eigenvalue weighted by Crippen LogP contribution is -2.02. The Bertz CT molecular complexity index is 704. The molecule has 0 saturated heterocycles. The van der Waals surface area contributed by atoms with E-state index in [2.05, 4.69) is 30.3 Å². The molecule has 3 rings (SSSR count). The fraction of sp³-hybridized carbons (Fsp3) is 0.158. The minimum Gasteiger partial charge on any atom is -0.493 e. The van der Waals surface area contributed by atoms with Gasteiger partial charge in [0.25, 0.3) is 0 Å². The molecule has 106 valence electrons. The van der Waals surface area contributed by atoms with Gasteiger partial charge in [0.2, 0.25) is 0 Å². The molecule has 0 radical (unpaired) electrons. The lowest BCUT2D eigenvalue weighted by molar-refractivity contribution is 0.312. The second-order valence-corrected chi connectivity index (χ2v) is 5.52. The van der Waals surface area contributed by atoms with Gasteiger partial charge in [-0.2, -0.15) is 0 Å².